The van der Waals surface area contributed by atoms with Crippen molar-refractivity contribution in [3.8, 4) is 0 Å². The van der Waals surface area contributed by atoms with Crippen molar-refractivity contribution in [2.45, 2.75) is 19.8 Å². The molecule has 0 saturated carbocycles. The van der Waals surface area contributed by atoms with Gasteiger partial charge in [-0.05, 0) is 13.5 Å². The third-order valence-corrected chi connectivity index (χ3v) is 3.06. The normalized spacial score (nSPS) is 17.4. The number of piperazine rings is 1. The Labute approximate surface area is 101 Å². The molecule has 1 aromatic rings. The van der Waals surface area contributed by atoms with Gasteiger partial charge in [0.25, 0.3) is 5.91 Å². The molecule has 94 valence electrons. The molecule has 0 radical (unpaired) electrons. The minimum Gasteiger partial charge on any atom is -0.361 e. The van der Waals surface area contributed by atoms with Crippen molar-refractivity contribution >= 4 is 5.91 Å². The zero-order valence-corrected chi connectivity index (χ0v) is 10.5. The van der Waals surface area contributed by atoms with Gasteiger partial charge in [-0.1, -0.05) is 12.1 Å². The molecule has 2 rings (SSSR count). The van der Waals surface area contributed by atoms with Crippen LogP contribution in [0.5, 0.6) is 0 Å². The number of amides is 1. The zero-order valence-electron chi connectivity index (χ0n) is 10.5. The molecule has 1 aromatic heterocycles. The molecule has 0 bridgehead atoms. The first kappa shape index (κ1) is 12.1. The number of nitrogens with zero attached hydrogens (tertiary/aromatic N) is 3. The molecule has 1 aliphatic heterocycles. The van der Waals surface area contributed by atoms with E-state index in [-0.39, 0.29) is 5.91 Å². The highest BCUT2D eigenvalue weighted by molar-refractivity contribution is 5.92. The van der Waals surface area contributed by atoms with Crippen LogP contribution in [0.2, 0.25) is 0 Å². The first-order valence-electron chi connectivity index (χ1n) is 6.14. The lowest BCUT2D eigenvalue weighted by molar-refractivity contribution is 0.0654. The Morgan fingerprint density at radius 2 is 2.12 bits per heavy atom. The van der Waals surface area contributed by atoms with Crippen molar-refractivity contribution in [3.05, 3.63) is 17.5 Å². The number of carbonyl (C=O) groups is 1. The number of aromatic nitrogens is 1. The predicted molar refractivity (Wildman–Crippen MR) is 63.9 cm³/mol. The smallest absolute Gasteiger partial charge is 0.276 e. The van der Waals surface area contributed by atoms with E-state index in [0.29, 0.717) is 5.69 Å². The van der Waals surface area contributed by atoms with E-state index in [9.17, 15) is 4.79 Å². The summed E-state index contributed by atoms with van der Waals surface area (Å²) >= 11 is 0. The van der Waals surface area contributed by atoms with Crippen LogP contribution in [0.15, 0.2) is 10.6 Å². The van der Waals surface area contributed by atoms with Crippen LogP contribution in [0, 0.1) is 0 Å². The number of hydrogen-bond acceptors (Lipinski definition) is 4. The van der Waals surface area contributed by atoms with E-state index < -0.39 is 0 Å². The van der Waals surface area contributed by atoms with Gasteiger partial charge in [-0.2, -0.15) is 0 Å². The van der Waals surface area contributed by atoms with E-state index in [4.69, 9.17) is 4.52 Å². The minimum absolute atomic E-state index is 0.01000. The maximum atomic E-state index is 12.1. The molecule has 0 aromatic carbocycles. The molecule has 5 heteroatoms. The highest BCUT2D eigenvalue weighted by Gasteiger charge is 2.22. The molecule has 0 spiro atoms. The van der Waals surface area contributed by atoms with Gasteiger partial charge in [0, 0.05) is 38.7 Å². The largest absolute Gasteiger partial charge is 0.361 e. The van der Waals surface area contributed by atoms with Gasteiger partial charge in [0.2, 0.25) is 0 Å². The van der Waals surface area contributed by atoms with E-state index >= 15 is 0 Å². The molecule has 1 fully saturated rings. The maximum absolute atomic E-state index is 12.1. The molecule has 0 N–H and O–H groups in total. The quantitative estimate of drug-likeness (QED) is 0.787. The average Bonchev–Trinajstić information content (AvgIpc) is 2.78. The fourth-order valence-electron chi connectivity index (χ4n) is 1.95. The molecule has 1 aliphatic rings. The second kappa shape index (κ2) is 5.31. The Kier molecular flexibility index (Phi) is 3.78. The zero-order chi connectivity index (χ0) is 12.3. The summed E-state index contributed by atoms with van der Waals surface area (Å²) in [7, 11) is 2.07. The molecule has 1 amide bonds. The van der Waals surface area contributed by atoms with Crippen LogP contribution in [0.25, 0.3) is 0 Å². The van der Waals surface area contributed by atoms with Gasteiger partial charge >= 0.3 is 0 Å². The molecule has 0 atom stereocenters. The Balaban J connectivity index is 1.98. The van der Waals surface area contributed by atoms with Gasteiger partial charge in [0.1, 0.15) is 5.76 Å². The van der Waals surface area contributed by atoms with Crippen molar-refractivity contribution in [1.82, 2.24) is 15.0 Å². The van der Waals surface area contributed by atoms with Crippen molar-refractivity contribution in [1.29, 1.82) is 0 Å². The molecular formula is C12H19N3O2. The van der Waals surface area contributed by atoms with Crippen LogP contribution >= 0.6 is 0 Å². The van der Waals surface area contributed by atoms with Gasteiger partial charge in [-0.15, -0.1) is 0 Å². The van der Waals surface area contributed by atoms with Gasteiger partial charge in [0.05, 0.1) is 0 Å². The lowest BCUT2D eigenvalue weighted by Gasteiger charge is -2.31. The Morgan fingerprint density at radius 3 is 2.76 bits per heavy atom. The van der Waals surface area contributed by atoms with Crippen molar-refractivity contribution < 1.29 is 9.32 Å². The highest BCUT2D eigenvalue weighted by atomic mass is 16.5. The van der Waals surface area contributed by atoms with Crippen LogP contribution in [-0.4, -0.2) is 54.1 Å². The van der Waals surface area contributed by atoms with Crippen LogP contribution in [0.4, 0.5) is 0 Å². The van der Waals surface area contributed by atoms with Gasteiger partial charge < -0.3 is 14.3 Å². The van der Waals surface area contributed by atoms with E-state index in [0.717, 1.165) is 44.8 Å². The number of aryl methyl sites for hydroxylation is 1. The number of hydrogen-bond donors (Lipinski definition) is 0. The Hall–Kier alpha value is -1.36. The monoisotopic (exact) mass is 237 g/mol. The Morgan fingerprint density at radius 1 is 1.41 bits per heavy atom. The van der Waals surface area contributed by atoms with Crippen LogP contribution < -0.4 is 0 Å². The van der Waals surface area contributed by atoms with Gasteiger partial charge in [0.15, 0.2) is 5.69 Å². The minimum atomic E-state index is -0.01000. The predicted octanol–water partition coefficient (Wildman–Crippen LogP) is 1.01. The fraction of sp³-hybridized carbons (Fsp3) is 0.667. The first-order chi connectivity index (χ1) is 8.20. The van der Waals surface area contributed by atoms with Crippen LogP contribution in [-0.2, 0) is 6.42 Å². The Bertz CT molecular complexity index is 381. The fourth-order valence-corrected chi connectivity index (χ4v) is 1.95. The number of rotatable bonds is 3. The van der Waals surface area contributed by atoms with Crippen molar-refractivity contribution in [2.24, 2.45) is 0 Å². The molecule has 1 saturated heterocycles. The molecular weight excluding hydrogens is 218 g/mol. The lowest BCUT2D eigenvalue weighted by atomic mass is 10.2. The highest BCUT2D eigenvalue weighted by Crippen LogP contribution is 2.10. The summed E-state index contributed by atoms with van der Waals surface area (Å²) in [5.74, 6) is 0.786. The maximum Gasteiger partial charge on any atom is 0.276 e. The van der Waals surface area contributed by atoms with Crippen LogP contribution in [0.1, 0.15) is 29.6 Å². The van der Waals surface area contributed by atoms with Gasteiger partial charge in [-0.3, -0.25) is 4.79 Å². The summed E-state index contributed by atoms with van der Waals surface area (Å²) in [4.78, 5) is 16.2. The van der Waals surface area contributed by atoms with E-state index in [1.807, 2.05) is 4.90 Å². The SMILES string of the molecule is CCCc1cc(C(=O)N2CCN(C)CC2)no1. The summed E-state index contributed by atoms with van der Waals surface area (Å²) in [5.41, 5.74) is 0.443. The summed E-state index contributed by atoms with van der Waals surface area (Å²) < 4.78 is 5.13. The molecule has 0 unspecified atom stereocenters. The second-order valence-corrected chi connectivity index (χ2v) is 4.52. The third kappa shape index (κ3) is 2.85. The molecule has 17 heavy (non-hydrogen) atoms. The summed E-state index contributed by atoms with van der Waals surface area (Å²) in [5, 5.41) is 3.85. The summed E-state index contributed by atoms with van der Waals surface area (Å²) in [6.45, 7) is 5.46. The second-order valence-electron chi connectivity index (χ2n) is 4.52. The standard InChI is InChI=1S/C12H19N3O2/c1-3-4-10-9-11(13-17-10)12(16)15-7-5-14(2)6-8-15/h9H,3-8H2,1-2H3. The third-order valence-electron chi connectivity index (χ3n) is 3.06. The van der Waals surface area contributed by atoms with E-state index in [1.165, 1.54) is 0 Å². The van der Waals surface area contributed by atoms with Crippen LogP contribution in [0.3, 0.4) is 0 Å². The molecule has 5 nitrogen and oxygen atoms in total. The van der Waals surface area contributed by atoms with Gasteiger partial charge in [-0.25, -0.2) is 0 Å². The average molecular weight is 237 g/mol. The molecule has 2 heterocycles. The first-order valence-corrected chi connectivity index (χ1v) is 6.14. The van der Waals surface area contributed by atoms with E-state index in [1.54, 1.807) is 6.07 Å². The number of carbonyl (C=O) groups excluding carboxylic acids is 1. The summed E-state index contributed by atoms with van der Waals surface area (Å²) in [6.07, 6.45) is 1.83. The number of likely N-dealkylation sites (N-methyl/N-ethyl adjacent to an activating group) is 1. The molecule has 0 aliphatic carbocycles. The van der Waals surface area contributed by atoms with Crippen molar-refractivity contribution in [3.63, 3.8) is 0 Å². The van der Waals surface area contributed by atoms with E-state index in [2.05, 4.69) is 24.0 Å². The summed E-state index contributed by atoms with van der Waals surface area (Å²) in [6, 6.07) is 1.77. The van der Waals surface area contributed by atoms with Crippen molar-refractivity contribution in [2.75, 3.05) is 33.2 Å². The topological polar surface area (TPSA) is 49.6 Å². The lowest BCUT2D eigenvalue weighted by Crippen LogP contribution is -2.47.